The highest BCUT2D eigenvalue weighted by atomic mass is 32.2. The van der Waals surface area contributed by atoms with Gasteiger partial charge in [0.15, 0.2) is 0 Å². The van der Waals surface area contributed by atoms with Crippen LogP contribution >= 0.6 is 0 Å². The Labute approximate surface area is 158 Å². The van der Waals surface area contributed by atoms with E-state index in [0.29, 0.717) is 26.1 Å². The number of amides is 3. The zero-order valence-corrected chi connectivity index (χ0v) is 15.7. The molecule has 1 aliphatic rings. The SMILES string of the molecule is C=CCNC(=O)NC(=O)CN1CCCN(S(=O)(=O)c2ccc(F)cc2)CC1. The second-order valence-electron chi connectivity index (χ2n) is 6.03. The van der Waals surface area contributed by atoms with Crippen molar-refractivity contribution in [1.29, 1.82) is 0 Å². The first-order chi connectivity index (χ1) is 12.8. The van der Waals surface area contributed by atoms with Crippen molar-refractivity contribution in [2.75, 3.05) is 39.3 Å². The number of benzene rings is 1. The van der Waals surface area contributed by atoms with E-state index in [4.69, 9.17) is 0 Å². The van der Waals surface area contributed by atoms with E-state index >= 15 is 0 Å². The van der Waals surface area contributed by atoms with Gasteiger partial charge in [-0.15, -0.1) is 6.58 Å². The number of rotatable bonds is 6. The summed E-state index contributed by atoms with van der Waals surface area (Å²) in [5.74, 6) is -0.967. The second-order valence-corrected chi connectivity index (χ2v) is 7.97. The summed E-state index contributed by atoms with van der Waals surface area (Å²) < 4.78 is 39.7. The molecule has 1 aromatic rings. The van der Waals surface area contributed by atoms with Crippen molar-refractivity contribution in [1.82, 2.24) is 19.8 Å². The van der Waals surface area contributed by atoms with Crippen molar-refractivity contribution < 1.29 is 22.4 Å². The summed E-state index contributed by atoms with van der Waals surface area (Å²) >= 11 is 0. The van der Waals surface area contributed by atoms with Crippen molar-refractivity contribution in [3.05, 3.63) is 42.7 Å². The highest BCUT2D eigenvalue weighted by molar-refractivity contribution is 7.89. The van der Waals surface area contributed by atoms with Crippen LogP contribution in [0.3, 0.4) is 0 Å². The number of nitrogens with one attached hydrogen (secondary N) is 2. The largest absolute Gasteiger partial charge is 0.334 e. The van der Waals surface area contributed by atoms with Crippen LogP contribution in [-0.4, -0.2) is 68.8 Å². The summed E-state index contributed by atoms with van der Waals surface area (Å²) in [5.41, 5.74) is 0. The van der Waals surface area contributed by atoms with Gasteiger partial charge in [-0.25, -0.2) is 17.6 Å². The fraction of sp³-hybridized carbons (Fsp3) is 0.412. The zero-order valence-electron chi connectivity index (χ0n) is 14.9. The molecule has 0 atom stereocenters. The molecule has 0 radical (unpaired) electrons. The Hall–Kier alpha value is -2.30. The topological polar surface area (TPSA) is 98.8 Å². The van der Waals surface area contributed by atoms with E-state index in [9.17, 15) is 22.4 Å². The van der Waals surface area contributed by atoms with Gasteiger partial charge in [0.2, 0.25) is 15.9 Å². The third-order valence-electron chi connectivity index (χ3n) is 4.03. The molecule has 0 aromatic heterocycles. The van der Waals surface area contributed by atoms with Crippen LogP contribution in [0.2, 0.25) is 0 Å². The van der Waals surface area contributed by atoms with Gasteiger partial charge >= 0.3 is 6.03 Å². The van der Waals surface area contributed by atoms with Crippen molar-refractivity contribution in [3.8, 4) is 0 Å². The average Bonchev–Trinajstić information content (AvgIpc) is 2.86. The molecule has 1 heterocycles. The minimum atomic E-state index is -3.72. The van der Waals surface area contributed by atoms with E-state index in [1.807, 2.05) is 0 Å². The van der Waals surface area contributed by atoms with Crippen LogP contribution in [0.5, 0.6) is 0 Å². The summed E-state index contributed by atoms with van der Waals surface area (Å²) in [6, 6.07) is 4.10. The molecule has 1 fully saturated rings. The van der Waals surface area contributed by atoms with Crippen LogP contribution in [0.1, 0.15) is 6.42 Å². The third kappa shape index (κ3) is 6.12. The lowest BCUT2D eigenvalue weighted by molar-refractivity contribution is -0.121. The summed E-state index contributed by atoms with van der Waals surface area (Å²) in [6.45, 7) is 5.08. The van der Waals surface area contributed by atoms with E-state index in [1.54, 1.807) is 4.90 Å². The van der Waals surface area contributed by atoms with Crippen LogP contribution in [0.15, 0.2) is 41.8 Å². The van der Waals surface area contributed by atoms with Crippen molar-refractivity contribution in [2.24, 2.45) is 0 Å². The number of urea groups is 1. The predicted molar refractivity (Wildman–Crippen MR) is 98.0 cm³/mol. The lowest BCUT2D eigenvalue weighted by Gasteiger charge is -2.21. The zero-order chi connectivity index (χ0) is 19.9. The maximum Gasteiger partial charge on any atom is 0.321 e. The molecule has 8 nitrogen and oxygen atoms in total. The molecule has 1 aromatic carbocycles. The Bertz CT molecular complexity index is 783. The number of sulfonamides is 1. The molecule has 10 heteroatoms. The molecule has 0 bridgehead atoms. The molecule has 1 saturated heterocycles. The van der Waals surface area contributed by atoms with Gasteiger partial charge in [-0.05, 0) is 37.2 Å². The van der Waals surface area contributed by atoms with E-state index in [0.717, 1.165) is 12.1 Å². The third-order valence-corrected chi connectivity index (χ3v) is 5.94. The fourth-order valence-corrected chi connectivity index (χ4v) is 4.15. The van der Waals surface area contributed by atoms with E-state index in [2.05, 4.69) is 17.2 Å². The monoisotopic (exact) mass is 398 g/mol. The van der Waals surface area contributed by atoms with Gasteiger partial charge in [0.05, 0.1) is 11.4 Å². The highest BCUT2D eigenvalue weighted by Gasteiger charge is 2.27. The number of nitrogens with zero attached hydrogens (tertiary/aromatic N) is 2. The van der Waals surface area contributed by atoms with Gasteiger partial charge in [0.25, 0.3) is 0 Å². The molecule has 2 rings (SSSR count). The van der Waals surface area contributed by atoms with Gasteiger partial charge in [0.1, 0.15) is 5.82 Å². The first kappa shape index (κ1) is 21.0. The van der Waals surface area contributed by atoms with Gasteiger partial charge in [-0.2, -0.15) is 4.31 Å². The van der Waals surface area contributed by atoms with Gasteiger partial charge in [-0.1, -0.05) is 6.08 Å². The summed E-state index contributed by atoms with van der Waals surface area (Å²) in [4.78, 5) is 25.2. The first-order valence-corrected chi connectivity index (χ1v) is 9.93. The molecule has 0 spiro atoms. The minimum absolute atomic E-state index is 0.00799. The van der Waals surface area contributed by atoms with Crippen molar-refractivity contribution in [3.63, 3.8) is 0 Å². The van der Waals surface area contributed by atoms with Gasteiger partial charge in [-0.3, -0.25) is 15.0 Å². The lowest BCUT2D eigenvalue weighted by atomic mass is 10.4. The second kappa shape index (κ2) is 9.58. The fourth-order valence-electron chi connectivity index (χ4n) is 2.68. The standard InChI is InChI=1S/C17H23FN4O4S/c1-2-8-19-17(24)20-16(23)13-21-9-3-10-22(12-11-21)27(25,26)15-6-4-14(18)5-7-15/h2,4-7H,1,3,8-13H2,(H2,19,20,23,24). The molecule has 0 unspecified atom stereocenters. The highest BCUT2D eigenvalue weighted by Crippen LogP contribution is 2.18. The molecule has 2 N–H and O–H groups in total. The Morgan fingerprint density at radius 3 is 2.52 bits per heavy atom. The maximum absolute atomic E-state index is 13.0. The van der Waals surface area contributed by atoms with E-state index < -0.39 is 27.8 Å². The Morgan fingerprint density at radius 1 is 1.15 bits per heavy atom. The van der Waals surface area contributed by atoms with E-state index in [1.165, 1.54) is 22.5 Å². The molecule has 1 aliphatic heterocycles. The average molecular weight is 398 g/mol. The number of hydrogen-bond donors (Lipinski definition) is 2. The van der Waals surface area contributed by atoms with E-state index in [-0.39, 0.29) is 24.5 Å². The summed E-state index contributed by atoms with van der Waals surface area (Å²) in [5, 5.41) is 4.65. The summed E-state index contributed by atoms with van der Waals surface area (Å²) in [7, 11) is -3.72. The van der Waals surface area contributed by atoms with Gasteiger partial charge in [0, 0.05) is 26.2 Å². The molecule has 3 amide bonds. The maximum atomic E-state index is 13.0. The number of hydrogen-bond acceptors (Lipinski definition) is 5. The van der Waals surface area contributed by atoms with Gasteiger partial charge < -0.3 is 5.32 Å². The van der Waals surface area contributed by atoms with Crippen LogP contribution in [0.25, 0.3) is 0 Å². The number of halogens is 1. The lowest BCUT2D eigenvalue weighted by Crippen LogP contribution is -2.45. The molecule has 27 heavy (non-hydrogen) atoms. The Balaban J connectivity index is 1.91. The van der Waals surface area contributed by atoms with Crippen molar-refractivity contribution in [2.45, 2.75) is 11.3 Å². The van der Waals surface area contributed by atoms with Crippen LogP contribution in [-0.2, 0) is 14.8 Å². The van der Waals surface area contributed by atoms with Crippen LogP contribution in [0.4, 0.5) is 9.18 Å². The molecule has 0 saturated carbocycles. The van der Waals surface area contributed by atoms with Crippen molar-refractivity contribution >= 4 is 22.0 Å². The Kier molecular flexibility index (Phi) is 7.45. The first-order valence-electron chi connectivity index (χ1n) is 8.49. The molecular formula is C17H23FN4O4S. The minimum Gasteiger partial charge on any atom is -0.334 e. The van der Waals surface area contributed by atoms with Crippen LogP contribution < -0.4 is 10.6 Å². The summed E-state index contributed by atoms with van der Waals surface area (Å²) in [6.07, 6.45) is 2.03. The Morgan fingerprint density at radius 2 is 1.85 bits per heavy atom. The number of carbonyl (C=O) groups excluding carboxylic acids is 2. The smallest absolute Gasteiger partial charge is 0.321 e. The number of imide groups is 1. The molecule has 0 aliphatic carbocycles. The quantitative estimate of drug-likeness (QED) is 0.682. The van der Waals surface area contributed by atoms with Crippen LogP contribution in [0, 0.1) is 5.82 Å². The number of carbonyl (C=O) groups is 2. The normalized spacial score (nSPS) is 16.3. The predicted octanol–water partition coefficient (Wildman–Crippen LogP) is 0.534. The molecule has 148 valence electrons. The molecular weight excluding hydrogens is 375 g/mol.